The van der Waals surface area contributed by atoms with Crippen LogP contribution in [0.2, 0.25) is 0 Å². The molecule has 0 aliphatic carbocycles. The van der Waals surface area contributed by atoms with E-state index in [4.69, 9.17) is 0 Å². The molecule has 1 saturated heterocycles. The molecule has 1 aliphatic rings. The minimum atomic E-state index is -3.59. The Bertz CT molecular complexity index is 632. The van der Waals surface area contributed by atoms with Crippen LogP contribution in [0.4, 0.5) is 8.78 Å². The van der Waals surface area contributed by atoms with Crippen molar-refractivity contribution in [3.8, 4) is 0 Å². The van der Waals surface area contributed by atoms with E-state index in [2.05, 4.69) is 0 Å². The van der Waals surface area contributed by atoms with Gasteiger partial charge in [0.1, 0.15) is 0 Å². The van der Waals surface area contributed by atoms with Crippen molar-refractivity contribution < 1.29 is 17.2 Å². The van der Waals surface area contributed by atoms with E-state index in [1.807, 2.05) is 19.0 Å². The topological polar surface area (TPSA) is 43.9 Å². The quantitative estimate of drug-likeness (QED) is 0.754. The maximum absolute atomic E-state index is 13.4. The van der Waals surface area contributed by atoms with Crippen molar-refractivity contribution in [1.82, 2.24) is 13.5 Å². The van der Waals surface area contributed by atoms with Crippen LogP contribution < -0.4 is 0 Å². The Morgan fingerprint density at radius 1 is 1.09 bits per heavy atom. The number of hydrogen-bond acceptors (Lipinski definition) is 3. The summed E-state index contributed by atoms with van der Waals surface area (Å²) in [5, 5.41) is 0. The molecule has 1 aromatic rings. The molecule has 0 aromatic heterocycles. The number of hydrogen-bond donors (Lipinski definition) is 0. The summed E-state index contributed by atoms with van der Waals surface area (Å²) in [5.74, 6) is -1.90. The summed E-state index contributed by atoms with van der Waals surface area (Å²) in [4.78, 5) is 1.89. The molecule has 0 saturated carbocycles. The molecule has 0 unspecified atom stereocenters. The van der Waals surface area contributed by atoms with Gasteiger partial charge in [-0.1, -0.05) is 6.07 Å². The first-order valence-corrected chi connectivity index (χ1v) is 9.04. The van der Waals surface area contributed by atoms with Gasteiger partial charge < -0.3 is 4.90 Å². The van der Waals surface area contributed by atoms with E-state index < -0.39 is 21.8 Å². The second-order valence-corrected chi connectivity index (χ2v) is 7.93. The molecule has 1 aromatic carbocycles. The minimum absolute atomic E-state index is 0.0316. The fourth-order valence-electron chi connectivity index (χ4n) is 2.51. The SMILES string of the molecule is CN(C)CCN(Cc1ccc(F)c(F)c1)S(=O)(=O)N1CCCC1. The summed E-state index contributed by atoms with van der Waals surface area (Å²) in [5.41, 5.74) is 0.436. The lowest BCUT2D eigenvalue weighted by atomic mass is 10.2. The molecular weight excluding hydrogens is 324 g/mol. The molecule has 8 heteroatoms. The van der Waals surface area contributed by atoms with E-state index >= 15 is 0 Å². The van der Waals surface area contributed by atoms with Gasteiger partial charge in [-0.2, -0.15) is 17.0 Å². The van der Waals surface area contributed by atoms with Gasteiger partial charge >= 0.3 is 0 Å². The third-order valence-electron chi connectivity index (χ3n) is 3.86. The highest BCUT2D eigenvalue weighted by Gasteiger charge is 2.31. The fourth-order valence-corrected chi connectivity index (χ4v) is 4.18. The van der Waals surface area contributed by atoms with Crippen molar-refractivity contribution in [1.29, 1.82) is 0 Å². The molecule has 2 rings (SSSR count). The molecule has 0 bridgehead atoms. The molecule has 0 amide bonds. The lowest BCUT2D eigenvalue weighted by Gasteiger charge is -2.28. The second-order valence-electron chi connectivity index (χ2n) is 6.00. The lowest BCUT2D eigenvalue weighted by Crippen LogP contribution is -2.44. The standard InChI is InChI=1S/C15H23F2N3O2S/c1-18(2)9-10-20(23(21,22)19-7-3-4-8-19)12-13-5-6-14(16)15(17)11-13/h5-6,11H,3-4,7-10,12H2,1-2H3. The number of rotatable bonds is 7. The van der Waals surface area contributed by atoms with Gasteiger partial charge in [0.25, 0.3) is 10.2 Å². The largest absolute Gasteiger partial charge is 0.308 e. The summed E-state index contributed by atoms with van der Waals surface area (Å²) >= 11 is 0. The summed E-state index contributed by atoms with van der Waals surface area (Å²) in [6, 6.07) is 3.50. The number of benzene rings is 1. The highest BCUT2D eigenvalue weighted by Crippen LogP contribution is 2.19. The molecule has 5 nitrogen and oxygen atoms in total. The van der Waals surface area contributed by atoms with E-state index in [-0.39, 0.29) is 6.54 Å². The van der Waals surface area contributed by atoms with Gasteiger partial charge in [0, 0.05) is 32.7 Å². The van der Waals surface area contributed by atoms with Crippen LogP contribution in [-0.2, 0) is 16.8 Å². The number of likely N-dealkylation sites (N-methyl/N-ethyl adjacent to an activating group) is 1. The van der Waals surface area contributed by atoms with Gasteiger partial charge in [-0.25, -0.2) is 8.78 Å². The first-order valence-electron chi connectivity index (χ1n) is 7.64. The second kappa shape index (κ2) is 7.65. The molecule has 0 N–H and O–H groups in total. The molecule has 23 heavy (non-hydrogen) atoms. The van der Waals surface area contributed by atoms with E-state index in [0.717, 1.165) is 25.0 Å². The first kappa shape index (κ1) is 18.3. The molecule has 0 atom stereocenters. The average molecular weight is 347 g/mol. The molecule has 130 valence electrons. The minimum Gasteiger partial charge on any atom is -0.308 e. The molecular formula is C15H23F2N3O2S. The van der Waals surface area contributed by atoms with Gasteiger partial charge in [0.2, 0.25) is 0 Å². The summed E-state index contributed by atoms with van der Waals surface area (Å²) in [7, 11) is 0.125. The molecule has 1 heterocycles. The predicted molar refractivity (Wildman–Crippen MR) is 85.0 cm³/mol. The highest BCUT2D eigenvalue weighted by molar-refractivity contribution is 7.86. The van der Waals surface area contributed by atoms with Crippen molar-refractivity contribution in [2.45, 2.75) is 19.4 Å². The van der Waals surface area contributed by atoms with Crippen LogP contribution >= 0.6 is 0 Å². The van der Waals surface area contributed by atoms with Crippen molar-refractivity contribution in [2.24, 2.45) is 0 Å². The zero-order valence-electron chi connectivity index (χ0n) is 13.5. The van der Waals surface area contributed by atoms with Crippen LogP contribution in [0.15, 0.2) is 18.2 Å². The van der Waals surface area contributed by atoms with Crippen LogP contribution in [0, 0.1) is 11.6 Å². The Labute approximate surface area is 136 Å². The van der Waals surface area contributed by atoms with E-state index in [1.165, 1.54) is 14.7 Å². The van der Waals surface area contributed by atoms with Crippen LogP contribution in [0.5, 0.6) is 0 Å². The number of nitrogens with zero attached hydrogens (tertiary/aromatic N) is 3. The maximum Gasteiger partial charge on any atom is 0.282 e. The average Bonchev–Trinajstić information content (AvgIpc) is 3.01. The van der Waals surface area contributed by atoms with Gasteiger partial charge in [0.05, 0.1) is 0 Å². The molecule has 0 radical (unpaired) electrons. The maximum atomic E-state index is 13.4. The van der Waals surface area contributed by atoms with Crippen LogP contribution in [0.1, 0.15) is 18.4 Å². The zero-order valence-corrected chi connectivity index (χ0v) is 14.3. The van der Waals surface area contributed by atoms with E-state index in [1.54, 1.807) is 0 Å². The van der Waals surface area contributed by atoms with Crippen molar-refractivity contribution in [3.05, 3.63) is 35.4 Å². The van der Waals surface area contributed by atoms with Gasteiger partial charge in [-0.05, 0) is 44.6 Å². The van der Waals surface area contributed by atoms with Crippen LogP contribution in [0.3, 0.4) is 0 Å². The Balaban J connectivity index is 2.20. The van der Waals surface area contributed by atoms with Crippen molar-refractivity contribution in [2.75, 3.05) is 40.3 Å². The first-order chi connectivity index (χ1) is 10.8. The fraction of sp³-hybridized carbons (Fsp3) is 0.600. The van der Waals surface area contributed by atoms with Gasteiger partial charge in [-0.15, -0.1) is 0 Å². The summed E-state index contributed by atoms with van der Waals surface area (Å²) < 4.78 is 54.8. The Kier molecular flexibility index (Phi) is 6.07. The molecule has 1 fully saturated rings. The van der Waals surface area contributed by atoms with E-state index in [9.17, 15) is 17.2 Å². The predicted octanol–water partition coefficient (Wildman–Crippen LogP) is 1.67. The third kappa shape index (κ3) is 4.69. The Morgan fingerprint density at radius 3 is 2.30 bits per heavy atom. The van der Waals surface area contributed by atoms with Gasteiger partial charge in [-0.3, -0.25) is 0 Å². The van der Waals surface area contributed by atoms with Crippen molar-refractivity contribution >= 4 is 10.2 Å². The Hall–Kier alpha value is -1.09. The van der Waals surface area contributed by atoms with Gasteiger partial charge in [0.15, 0.2) is 11.6 Å². The van der Waals surface area contributed by atoms with Crippen molar-refractivity contribution in [3.63, 3.8) is 0 Å². The zero-order chi connectivity index (χ0) is 17.0. The monoisotopic (exact) mass is 347 g/mol. The molecule has 1 aliphatic heterocycles. The van der Waals surface area contributed by atoms with E-state index in [0.29, 0.717) is 31.7 Å². The summed E-state index contributed by atoms with van der Waals surface area (Å²) in [6.07, 6.45) is 1.71. The normalized spacial score (nSPS) is 16.6. The third-order valence-corrected chi connectivity index (χ3v) is 5.84. The lowest BCUT2D eigenvalue weighted by molar-refractivity contribution is 0.308. The molecule has 0 spiro atoms. The highest BCUT2D eigenvalue weighted by atomic mass is 32.2. The number of halogens is 2. The summed E-state index contributed by atoms with van der Waals surface area (Å²) in [6.45, 7) is 1.91. The van der Waals surface area contributed by atoms with Crippen LogP contribution in [-0.4, -0.2) is 62.2 Å². The Morgan fingerprint density at radius 2 is 1.74 bits per heavy atom. The smallest absolute Gasteiger partial charge is 0.282 e. The van der Waals surface area contributed by atoms with Crippen LogP contribution in [0.25, 0.3) is 0 Å².